The van der Waals surface area contributed by atoms with Crippen molar-refractivity contribution in [1.82, 2.24) is 4.90 Å². The Bertz CT molecular complexity index is 336. The van der Waals surface area contributed by atoms with Crippen molar-refractivity contribution >= 4 is 11.9 Å². The summed E-state index contributed by atoms with van der Waals surface area (Å²) in [4.78, 5) is 24.9. The molecular weight excluding hydrogens is 230 g/mol. The summed E-state index contributed by atoms with van der Waals surface area (Å²) in [6.07, 6.45) is 7.30. The van der Waals surface area contributed by atoms with Gasteiger partial charge in [0, 0.05) is 19.5 Å². The Labute approximate surface area is 108 Å². The molecule has 2 rings (SSSR count). The normalized spacial score (nSPS) is 28.8. The van der Waals surface area contributed by atoms with E-state index >= 15 is 0 Å². The first kappa shape index (κ1) is 13.4. The Hall–Kier alpha value is -1.06. The van der Waals surface area contributed by atoms with Gasteiger partial charge in [0.2, 0.25) is 5.91 Å². The van der Waals surface area contributed by atoms with E-state index < -0.39 is 11.4 Å². The highest BCUT2D eigenvalue weighted by molar-refractivity contribution is 5.80. The molecule has 1 saturated heterocycles. The van der Waals surface area contributed by atoms with Crippen molar-refractivity contribution in [2.24, 2.45) is 11.3 Å². The van der Waals surface area contributed by atoms with E-state index in [0.29, 0.717) is 25.9 Å². The average Bonchev–Trinajstić information content (AvgIpc) is 2.95. The molecule has 1 aliphatic carbocycles. The molecule has 1 N–H and O–H groups in total. The van der Waals surface area contributed by atoms with Crippen molar-refractivity contribution in [3.05, 3.63) is 0 Å². The van der Waals surface area contributed by atoms with Crippen molar-refractivity contribution in [2.45, 2.75) is 51.9 Å². The first-order valence-electron chi connectivity index (χ1n) is 7.02. The maximum atomic E-state index is 12.0. The molecule has 2 fully saturated rings. The number of likely N-dealkylation sites (tertiary alicyclic amines) is 1. The third kappa shape index (κ3) is 2.85. The summed E-state index contributed by atoms with van der Waals surface area (Å²) >= 11 is 0. The fourth-order valence-electron chi connectivity index (χ4n) is 3.13. The molecule has 1 aliphatic heterocycles. The van der Waals surface area contributed by atoms with Gasteiger partial charge in [-0.25, -0.2) is 0 Å². The SMILES string of the molecule is CC1(C(=O)O)CCN(C(=O)CCC2CCCC2)C1. The molecule has 0 radical (unpaired) electrons. The molecule has 0 aromatic carbocycles. The zero-order chi connectivity index (χ0) is 13.2. The second kappa shape index (κ2) is 5.29. The van der Waals surface area contributed by atoms with Crippen LogP contribution in [0.3, 0.4) is 0 Å². The van der Waals surface area contributed by atoms with Crippen LogP contribution in [0.25, 0.3) is 0 Å². The Kier molecular flexibility index (Phi) is 3.93. The smallest absolute Gasteiger partial charge is 0.311 e. The quantitative estimate of drug-likeness (QED) is 0.836. The number of nitrogens with zero attached hydrogens (tertiary/aromatic N) is 1. The van der Waals surface area contributed by atoms with Gasteiger partial charge in [-0.05, 0) is 25.7 Å². The average molecular weight is 253 g/mol. The van der Waals surface area contributed by atoms with E-state index in [2.05, 4.69) is 0 Å². The fourth-order valence-corrected chi connectivity index (χ4v) is 3.13. The predicted octanol–water partition coefficient (Wildman–Crippen LogP) is 2.28. The fraction of sp³-hybridized carbons (Fsp3) is 0.857. The van der Waals surface area contributed by atoms with Crippen LogP contribution < -0.4 is 0 Å². The van der Waals surface area contributed by atoms with Crippen LogP contribution in [0.15, 0.2) is 0 Å². The zero-order valence-electron chi connectivity index (χ0n) is 11.2. The molecule has 1 saturated carbocycles. The van der Waals surface area contributed by atoms with Crippen LogP contribution in [0.5, 0.6) is 0 Å². The van der Waals surface area contributed by atoms with Crippen molar-refractivity contribution in [3.63, 3.8) is 0 Å². The zero-order valence-corrected chi connectivity index (χ0v) is 11.2. The van der Waals surface area contributed by atoms with E-state index in [9.17, 15) is 9.59 Å². The van der Waals surface area contributed by atoms with Crippen molar-refractivity contribution < 1.29 is 14.7 Å². The van der Waals surface area contributed by atoms with Crippen LogP contribution in [0.4, 0.5) is 0 Å². The topological polar surface area (TPSA) is 57.6 Å². The molecule has 1 unspecified atom stereocenters. The van der Waals surface area contributed by atoms with Gasteiger partial charge in [-0.2, -0.15) is 0 Å². The van der Waals surface area contributed by atoms with Gasteiger partial charge in [0.15, 0.2) is 0 Å². The van der Waals surface area contributed by atoms with Gasteiger partial charge in [-0.15, -0.1) is 0 Å². The standard InChI is InChI=1S/C14H23NO3/c1-14(13(17)18)8-9-15(10-14)12(16)7-6-11-4-2-3-5-11/h11H,2-10H2,1H3,(H,17,18). The minimum atomic E-state index is -0.784. The maximum Gasteiger partial charge on any atom is 0.311 e. The third-order valence-electron chi connectivity index (χ3n) is 4.58. The van der Waals surface area contributed by atoms with E-state index in [1.807, 2.05) is 0 Å². The van der Waals surface area contributed by atoms with Crippen LogP contribution in [0, 0.1) is 11.3 Å². The lowest BCUT2D eigenvalue weighted by Crippen LogP contribution is -2.34. The Balaban J connectivity index is 1.78. The molecule has 2 aliphatic rings. The number of hydrogen-bond donors (Lipinski definition) is 1. The molecule has 1 heterocycles. The van der Waals surface area contributed by atoms with Crippen LogP contribution in [-0.4, -0.2) is 35.0 Å². The van der Waals surface area contributed by atoms with Crippen LogP contribution in [0.1, 0.15) is 51.9 Å². The summed E-state index contributed by atoms with van der Waals surface area (Å²) in [5.74, 6) is 0.0860. The van der Waals surface area contributed by atoms with E-state index in [1.165, 1.54) is 25.7 Å². The molecular formula is C14H23NO3. The summed E-state index contributed by atoms with van der Waals surface area (Å²) in [5, 5.41) is 9.14. The van der Waals surface area contributed by atoms with Crippen LogP contribution >= 0.6 is 0 Å². The number of amides is 1. The molecule has 1 amide bonds. The van der Waals surface area contributed by atoms with Gasteiger partial charge in [0.05, 0.1) is 5.41 Å². The number of rotatable bonds is 4. The number of carboxylic acids is 1. The molecule has 102 valence electrons. The monoisotopic (exact) mass is 253 g/mol. The minimum Gasteiger partial charge on any atom is -0.481 e. The van der Waals surface area contributed by atoms with Crippen molar-refractivity contribution in [3.8, 4) is 0 Å². The first-order chi connectivity index (χ1) is 8.51. The lowest BCUT2D eigenvalue weighted by Gasteiger charge is -2.20. The molecule has 1 atom stereocenters. The summed E-state index contributed by atoms with van der Waals surface area (Å²) in [7, 11) is 0. The second-order valence-electron chi connectivity index (χ2n) is 6.12. The number of aliphatic carboxylic acids is 1. The lowest BCUT2D eigenvalue weighted by molar-refractivity contribution is -0.147. The van der Waals surface area contributed by atoms with Gasteiger partial charge in [-0.1, -0.05) is 25.7 Å². The van der Waals surface area contributed by atoms with E-state index in [-0.39, 0.29) is 5.91 Å². The van der Waals surface area contributed by atoms with Crippen LogP contribution in [-0.2, 0) is 9.59 Å². The largest absolute Gasteiger partial charge is 0.481 e. The first-order valence-corrected chi connectivity index (χ1v) is 7.02. The summed E-state index contributed by atoms with van der Waals surface area (Å²) in [6, 6.07) is 0. The molecule has 0 bridgehead atoms. The highest BCUT2D eigenvalue weighted by Gasteiger charge is 2.41. The third-order valence-corrected chi connectivity index (χ3v) is 4.58. The maximum absolute atomic E-state index is 12.0. The molecule has 0 aromatic rings. The Morgan fingerprint density at radius 2 is 2.00 bits per heavy atom. The summed E-state index contributed by atoms with van der Waals surface area (Å²) < 4.78 is 0. The molecule has 4 heteroatoms. The van der Waals surface area contributed by atoms with E-state index in [1.54, 1.807) is 11.8 Å². The lowest BCUT2D eigenvalue weighted by atomic mass is 9.90. The Morgan fingerprint density at radius 1 is 1.33 bits per heavy atom. The Morgan fingerprint density at radius 3 is 2.56 bits per heavy atom. The van der Waals surface area contributed by atoms with E-state index in [4.69, 9.17) is 5.11 Å². The highest BCUT2D eigenvalue weighted by Crippen LogP contribution is 2.32. The minimum absolute atomic E-state index is 0.145. The van der Waals surface area contributed by atoms with Gasteiger partial charge < -0.3 is 10.0 Å². The van der Waals surface area contributed by atoms with Crippen LogP contribution in [0.2, 0.25) is 0 Å². The van der Waals surface area contributed by atoms with Gasteiger partial charge >= 0.3 is 5.97 Å². The van der Waals surface area contributed by atoms with Crippen molar-refractivity contribution in [1.29, 1.82) is 0 Å². The summed E-state index contributed by atoms with van der Waals surface area (Å²) in [5.41, 5.74) is -0.733. The van der Waals surface area contributed by atoms with Gasteiger partial charge in [-0.3, -0.25) is 9.59 Å². The molecule has 0 aromatic heterocycles. The number of carbonyl (C=O) groups excluding carboxylic acids is 1. The van der Waals surface area contributed by atoms with Gasteiger partial charge in [0.1, 0.15) is 0 Å². The second-order valence-corrected chi connectivity index (χ2v) is 6.12. The number of carboxylic acid groups (broad SMARTS) is 1. The number of hydrogen-bond acceptors (Lipinski definition) is 2. The number of carbonyl (C=O) groups is 2. The van der Waals surface area contributed by atoms with E-state index in [0.717, 1.165) is 12.3 Å². The molecule has 18 heavy (non-hydrogen) atoms. The van der Waals surface area contributed by atoms with Crippen molar-refractivity contribution in [2.75, 3.05) is 13.1 Å². The highest BCUT2D eigenvalue weighted by atomic mass is 16.4. The van der Waals surface area contributed by atoms with Gasteiger partial charge in [0.25, 0.3) is 0 Å². The summed E-state index contributed by atoms with van der Waals surface area (Å²) in [6.45, 7) is 2.72. The molecule has 0 spiro atoms. The molecule has 4 nitrogen and oxygen atoms in total. The predicted molar refractivity (Wildman–Crippen MR) is 68.1 cm³/mol.